The summed E-state index contributed by atoms with van der Waals surface area (Å²) in [5, 5.41) is 13.8. The van der Waals surface area contributed by atoms with Crippen LogP contribution in [0.2, 0.25) is 5.02 Å². The molecule has 4 rings (SSSR count). The highest BCUT2D eigenvalue weighted by Gasteiger charge is 2.29. The van der Waals surface area contributed by atoms with E-state index in [2.05, 4.69) is 5.10 Å². The maximum absolute atomic E-state index is 14.7. The van der Waals surface area contributed by atoms with Gasteiger partial charge < -0.3 is 9.84 Å². The van der Waals surface area contributed by atoms with Gasteiger partial charge in [-0.15, -0.1) is 0 Å². The van der Waals surface area contributed by atoms with E-state index in [9.17, 15) is 14.0 Å². The van der Waals surface area contributed by atoms with Crippen molar-refractivity contribution >= 4 is 23.5 Å². The van der Waals surface area contributed by atoms with Gasteiger partial charge >= 0.3 is 5.97 Å². The van der Waals surface area contributed by atoms with Crippen LogP contribution >= 0.6 is 11.6 Å². The molecular weight excluding hydrogens is 411 g/mol. The van der Waals surface area contributed by atoms with E-state index >= 15 is 0 Å². The number of benzene rings is 2. The van der Waals surface area contributed by atoms with Gasteiger partial charge in [0.25, 0.3) is 5.91 Å². The Kier molecular flexibility index (Phi) is 5.30. The summed E-state index contributed by atoms with van der Waals surface area (Å²) in [6, 6.07) is 8.60. The lowest BCUT2D eigenvalue weighted by atomic mass is 9.93. The molecule has 3 aromatic rings. The Morgan fingerprint density at radius 1 is 1.20 bits per heavy atom. The minimum atomic E-state index is -1.21. The summed E-state index contributed by atoms with van der Waals surface area (Å²) in [6.07, 6.45) is 3.04. The molecule has 8 heteroatoms. The van der Waals surface area contributed by atoms with Crippen molar-refractivity contribution in [2.24, 2.45) is 0 Å². The normalized spacial score (nSPS) is 13.0. The molecule has 0 bridgehead atoms. The Labute approximate surface area is 176 Å². The molecule has 1 aromatic heterocycles. The second kappa shape index (κ2) is 7.91. The number of hydrogen-bond donors (Lipinski definition) is 1. The molecule has 0 fully saturated rings. The third-order valence-electron chi connectivity index (χ3n) is 5.25. The van der Waals surface area contributed by atoms with E-state index in [0.29, 0.717) is 30.0 Å². The number of rotatable bonds is 4. The van der Waals surface area contributed by atoms with E-state index in [1.165, 1.54) is 23.9 Å². The zero-order valence-corrected chi connectivity index (χ0v) is 16.9. The SMILES string of the molecule is COc1cccc(Cl)c1C(=O)n1nc(-c2ccc(C(=O)O)cc2F)c2c1CCCC2. The first-order chi connectivity index (χ1) is 14.4. The standard InChI is InChI=1S/C22H18ClFN2O4/c1-30-18-8-4-6-15(23)19(18)21(27)26-17-7-3-2-5-14(17)20(25-26)13-10-9-12(22(28)29)11-16(13)24/h4,6,8-11H,2-3,5,7H2,1H3,(H,28,29). The van der Waals surface area contributed by atoms with Gasteiger partial charge in [-0.05, 0) is 56.0 Å². The van der Waals surface area contributed by atoms with Crippen molar-refractivity contribution in [2.45, 2.75) is 25.7 Å². The predicted octanol–water partition coefficient (Wildman–Crippen LogP) is 4.62. The number of fused-ring (bicyclic) bond motifs is 1. The lowest BCUT2D eigenvalue weighted by molar-refractivity contribution is 0.0696. The second-order valence-electron chi connectivity index (χ2n) is 7.01. The fourth-order valence-electron chi connectivity index (χ4n) is 3.81. The minimum Gasteiger partial charge on any atom is -0.496 e. The zero-order valence-electron chi connectivity index (χ0n) is 16.1. The highest BCUT2D eigenvalue weighted by molar-refractivity contribution is 6.34. The second-order valence-corrected chi connectivity index (χ2v) is 7.42. The van der Waals surface area contributed by atoms with Crippen LogP contribution in [-0.4, -0.2) is 33.9 Å². The summed E-state index contributed by atoms with van der Waals surface area (Å²) in [6.45, 7) is 0. The van der Waals surface area contributed by atoms with Crippen LogP contribution in [0.15, 0.2) is 36.4 Å². The van der Waals surface area contributed by atoms with Crippen molar-refractivity contribution in [3.05, 3.63) is 69.6 Å². The van der Waals surface area contributed by atoms with Crippen LogP contribution < -0.4 is 4.74 Å². The molecule has 1 N–H and O–H groups in total. The number of ether oxygens (including phenoxy) is 1. The summed E-state index contributed by atoms with van der Waals surface area (Å²) in [7, 11) is 1.45. The number of halogens is 2. The molecule has 0 atom stereocenters. The van der Waals surface area contributed by atoms with Crippen LogP contribution in [0.25, 0.3) is 11.3 Å². The first-order valence-electron chi connectivity index (χ1n) is 9.43. The topological polar surface area (TPSA) is 81.4 Å². The fourth-order valence-corrected chi connectivity index (χ4v) is 4.06. The third-order valence-corrected chi connectivity index (χ3v) is 5.57. The number of aromatic nitrogens is 2. The van der Waals surface area contributed by atoms with Gasteiger partial charge in [0, 0.05) is 11.1 Å². The Balaban J connectivity index is 1.88. The van der Waals surface area contributed by atoms with Crippen LogP contribution in [0.4, 0.5) is 4.39 Å². The maximum atomic E-state index is 14.7. The maximum Gasteiger partial charge on any atom is 0.335 e. The molecule has 0 amide bonds. The summed E-state index contributed by atoms with van der Waals surface area (Å²) in [4.78, 5) is 24.5. The van der Waals surface area contributed by atoms with Crippen LogP contribution in [0.5, 0.6) is 5.75 Å². The molecule has 2 aromatic carbocycles. The van der Waals surface area contributed by atoms with Crippen LogP contribution in [0.3, 0.4) is 0 Å². The molecule has 0 spiro atoms. The molecule has 0 saturated heterocycles. The molecular formula is C22H18ClFN2O4. The monoisotopic (exact) mass is 428 g/mol. The van der Waals surface area contributed by atoms with E-state index in [1.54, 1.807) is 18.2 Å². The van der Waals surface area contributed by atoms with Gasteiger partial charge in [-0.1, -0.05) is 17.7 Å². The third kappa shape index (κ3) is 3.35. The quantitative estimate of drug-likeness (QED) is 0.655. The number of carbonyl (C=O) groups is 2. The largest absolute Gasteiger partial charge is 0.496 e. The molecule has 1 heterocycles. The summed E-state index contributed by atoms with van der Waals surface area (Å²) >= 11 is 6.27. The lowest BCUT2D eigenvalue weighted by Crippen LogP contribution is -2.19. The molecule has 6 nitrogen and oxygen atoms in total. The number of aromatic carboxylic acids is 1. The van der Waals surface area contributed by atoms with Crippen LogP contribution in [0, 0.1) is 5.82 Å². The molecule has 1 aliphatic carbocycles. The lowest BCUT2D eigenvalue weighted by Gasteiger charge is -2.15. The molecule has 1 aliphatic rings. The molecule has 154 valence electrons. The molecule has 30 heavy (non-hydrogen) atoms. The first kappa shape index (κ1) is 20.1. The van der Waals surface area contributed by atoms with Crippen molar-refractivity contribution in [2.75, 3.05) is 7.11 Å². The van der Waals surface area contributed by atoms with Gasteiger partial charge in [-0.25, -0.2) is 9.18 Å². The van der Waals surface area contributed by atoms with Crippen molar-refractivity contribution in [3.63, 3.8) is 0 Å². The highest BCUT2D eigenvalue weighted by Crippen LogP contribution is 2.35. The van der Waals surface area contributed by atoms with Gasteiger partial charge in [0.2, 0.25) is 0 Å². The van der Waals surface area contributed by atoms with E-state index in [1.807, 2.05) is 0 Å². The van der Waals surface area contributed by atoms with Crippen molar-refractivity contribution in [1.29, 1.82) is 0 Å². The number of carbonyl (C=O) groups excluding carboxylic acids is 1. The van der Waals surface area contributed by atoms with E-state index in [-0.39, 0.29) is 21.7 Å². The van der Waals surface area contributed by atoms with Gasteiger partial charge in [0.1, 0.15) is 17.1 Å². The summed E-state index contributed by atoms with van der Waals surface area (Å²) < 4.78 is 21.3. The van der Waals surface area contributed by atoms with Crippen molar-refractivity contribution in [1.82, 2.24) is 9.78 Å². The van der Waals surface area contributed by atoms with Gasteiger partial charge in [0.15, 0.2) is 0 Å². The smallest absolute Gasteiger partial charge is 0.335 e. The summed E-state index contributed by atoms with van der Waals surface area (Å²) in [5.41, 5.74) is 2.05. The van der Waals surface area contributed by atoms with Gasteiger partial charge in [-0.2, -0.15) is 9.78 Å². The number of carboxylic acids is 1. The van der Waals surface area contributed by atoms with E-state index in [0.717, 1.165) is 24.5 Å². The van der Waals surface area contributed by atoms with E-state index < -0.39 is 17.7 Å². The zero-order chi connectivity index (χ0) is 21.4. The minimum absolute atomic E-state index is 0.151. The predicted molar refractivity (Wildman–Crippen MR) is 109 cm³/mol. The number of nitrogens with zero attached hydrogens (tertiary/aromatic N) is 2. The first-order valence-corrected chi connectivity index (χ1v) is 9.81. The molecule has 0 unspecified atom stereocenters. The number of carboxylic acid groups (broad SMARTS) is 1. The van der Waals surface area contributed by atoms with Crippen molar-refractivity contribution < 1.29 is 23.8 Å². The van der Waals surface area contributed by atoms with Crippen molar-refractivity contribution in [3.8, 4) is 17.0 Å². The molecule has 0 radical (unpaired) electrons. The van der Waals surface area contributed by atoms with E-state index in [4.69, 9.17) is 21.4 Å². The Bertz CT molecular complexity index is 1170. The van der Waals surface area contributed by atoms with Gasteiger partial charge in [-0.3, -0.25) is 4.79 Å². The average molecular weight is 429 g/mol. The highest BCUT2D eigenvalue weighted by atomic mass is 35.5. The number of hydrogen-bond acceptors (Lipinski definition) is 4. The Morgan fingerprint density at radius 2 is 1.97 bits per heavy atom. The Hall–Kier alpha value is -3.19. The Morgan fingerprint density at radius 3 is 2.67 bits per heavy atom. The number of methoxy groups -OCH3 is 1. The average Bonchev–Trinajstić information content (AvgIpc) is 3.12. The van der Waals surface area contributed by atoms with Crippen LogP contribution in [0.1, 0.15) is 44.8 Å². The molecule has 0 saturated carbocycles. The summed E-state index contributed by atoms with van der Waals surface area (Å²) in [5.74, 6) is -2.04. The fraction of sp³-hybridized carbons (Fsp3) is 0.227. The van der Waals surface area contributed by atoms with Crippen LogP contribution in [-0.2, 0) is 12.8 Å². The van der Waals surface area contributed by atoms with Gasteiger partial charge in [0.05, 0.1) is 29.1 Å². The molecule has 0 aliphatic heterocycles.